The zero-order valence-corrected chi connectivity index (χ0v) is 31.1. The lowest BCUT2D eigenvalue weighted by atomic mass is 9.84. The molecule has 0 bridgehead atoms. The van der Waals surface area contributed by atoms with E-state index in [9.17, 15) is 0 Å². The Morgan fingerprint density at radius 3 is 1.84 bits per heavy atom. The monoisotopic (exact) mass is 723 g/mol. The number of allylic oxidation sites excluding steroid dienone is 8. The fourth-order valence-electron chi connectivity index (χ4n) is 7.98. The number of fused-ring (bicyclic) bond motifs is 3. The predicted octanol–water partition coefficient (Wildman–Crippen LogP) is 14.0. The maximum Gasteiger partial charge on any atom is 0.164 e. The second-order valence-electron chi connectivity index (χ2n) is 14.1. The number of hydrogen-bond donors (Lipinski definition) is 0. The van der Waals surface area contributed by atoms with Crippen LogP contribution in [0.4, 0.5) is 0 Å². The molecule has 0 radical (unpaired) electrons. The standard InChI is InChI=1S/C51H37N3S/c1-5-16-34(17-6-1)38-24-13-25-39(32-38)41-26-14-27-42(47(41)35-18-7-2-8-19-35)40-30-31-45-44(33-40)48-43(28-15-29-46(48)55-45)51-53-49(36-20-9-3-10-21-36)52-50(54-51)37-22-11-4-12-23-37/h1,3-5,7,9-16,18-33H,2,6,8,17H2. The molecule has 0 unspecified atom stereocenters. The van der Waals surface area contributed by atoms with Crippen molar-refractivity contribution in [3.05, 3.63) is 187 Å². The molecule has 0 atom stereocenters. The van der Waals surface area contributed by atoms with Crippen LogP contribution in [0.1, 0.15) is 36.8 Å². The van der Waals surface area contributed by atoms with E-state index in [0.29, 0.717) is 17.5 Å². The van der Waals surface area contributed by atoms with Gasteiger partial charge in [-0.25, -0.2) is 15.0 Å². The fourth-order valence-corrected chi connectivity index (χ4v) is 9.10. The van der Waals surface area contributed by atoms with E-state index in [4.69, 9.17) is 15.0 Å². The Kier molecular flexibility index (Phi) is 8.66. The summed E-state index contributed by atoms with van der Waals surface area (Å²) in [7, 11) is 0. The Morgan fingerprint density at radius 2 is 1.13 bits per heavy atom. The van der Waals surface area contributed by atoms with Crippen LogP contribution in [0, 0.1) is 0 Å². The van der Waals surface area contributed by atoms with E-state index in [-0.39, 0.29) is 0 Å². The van der Waals surface area contributed by atoms with Crippen molar-refractivity contribution in [3.8, 4) is 56.4 Å². The van der Waals surface area contributed by atoms with Gasteiger partial charge in [0.25, 0.3) is 0 Å². The van der Waals surface area contributed by atoms with Crippen molar-refractivity contribution < 1.29 is 0 Å². The van der Waals surface area contributed by atoms with Gasteiger partial charge in [0, 0.05) is 36.9 Å². The smallest absolute Gasteiger partial charge is 0.164 e. The summed E-state index contributed by atoms with van der Waals surface area (Å²) in [6.45, 7) is 0. The van der Waals surface area contributed by atoms with Gasteiger partial charge in [-0.05, 0) is 94.5 Å². The number of benzene rings is 6. The summed E-state index contributed by atoms with van der Waals surface area (Å²) >= 11 is 1.82. The Balaban J connectivity index is 1.16. The average Bonchev–Trinajstić information content (AvgIpc) is 3.65. The van der Waals surface area contributed by atoms with Gasteiger partial charge in [-0.15, -0.1) is 11.3 Å². The highest BCUT2D eigenvalue weighted by Gasteiger charge is 2.20. The minimum Gasteiger partial charge on any atom is -0.208 e. The first-order chi connectivity index (χ1) is 27.3. The van der Waals surface area contributed by atoms with Crippen molar-refractivity contribution in [2.45, 2.75) is 25.7 Å². The van der Waals surface area contributed by atoms with Crippen molar-refractivity contribution >= 4 is 42.7 Å². The molecule has 262 valence electrons. The lowest BCUT2D eigenvalue weighted by molar-refractivity contribution is 1.04. The summed E-state index contributed by atoms with van der Waals surface area (Å²) in [5.41, 5.74) is 13.1. The van der Waals surface area contributed by atoms with Crippen LogP contribution < -0.4 is 0 Å². The summed E-state index contributed by atoms with van der Waals surface area (Å²) in [4.78, 5) is 15.2. The number of hydrogen-bond acceptors (Lipinski definition) is 4. The molecule has 2 aliphatic carbocycles. The fraction of sp³-hybridized carbons (Fsp3) is 0.0784. The number of nitrogens with zero attached hydrogens (tertiary/aromatic N) is 3. The molecule has 10 rings (SSSR count). The minimum absolute atomic E-state index is 0.664. The molecule has 0 saturated heterocycles. The summed E-state index contributed by atoms with van der Waals surface area (Å²) in [6.07, 6.45) is 18.0. The first-order valence-corrected chi connectivity index (χ1v) is 19.9. The van der Waals surface area contributed by atoms with Gasteiger partial charge in [-0.1, -0.05) is 152 Å². The van der Waals surface area contributed by atoms with Crippen LogP contribution in [0.15, 0.2) is 176 Å². The second-order valence-corrected chi connectivity index (χ2v) is 15.2. The van der Waals surface area contributed by atoms with Gasteiger partial charge < -0.3 is 0 Å². The minimum atomic E-state index is 0.664. The molecular weight excluding hydrogens is 687 g/mol. The zero-order valence-electron chi connectivity index (χ0n) is 30.3. The van der Waals surface area contributed by atoms with E-state index >= 15 is 0 Å². The first kappa shape index (κ1) is 33.1. The lowest BCUT2D eigenvalue weighted by Crippen LogP contribution is -2.00. The van der Waals surface area contributed by atoms with Gasteiger partial charge in [0.05, 0.1) is 0 Å². The van der Waals surface area contributed by atoms with E-state index in [1.54, 1.807) is 0 Å². The molecule has 2 aromatic heterocycles. The Bertz CT molecular complexity index is 2800. The molecule has 3 nitrogen and oxygen atoms in total. The number of thiophene rings is 1. The molecule has 2 aliphatic rings. The molecule has 0 N–H and O–H groups in total. The molecule has 6 aromatic carbocycles. The van der Waals surface area contributed by atoms with E-state index in [1.807, 2.05) is 47.7 Å². The summed E-state index contributed by atoms with van der Waals surface area (Å²) in [6, 6.07) is 49.8. The summed E-state index contributed by atoms with van der Waals surface area (Å²) in [5.74, 6) is 2.00. The van der Waals surface area contributed by atoms with Gasteiger partial charge in [-0.3, -0.25) is 0 Å². The van der Waals surface area contributed by atoms with Crippen molar-refractivity contribution in [1.29, 1.82) is 0 Å². The van der Waals surface area contributed by atoms with E-state index in [0.717, 1.165) is 42.4 Å². The highest BCUT2D eigenvalue weighted by molar-refractivity contribution is 7.26. The molecule has 55 heavy (non-hydrogen) atoms. The average molecular weight is 724 g/mol. The molecule has 8 aromatic rings. The second kappa shape index (κ2) is 14.4. The van der Waals surface area contributed by atoms with Crippen LogP contribution in [0.5, 0.6) is 0 Å². The number of rotatable bonds is 7. The predicted molar refractivity (Wildman–Crippen MR) is 233 cm³/mol. The molecule has 0 fully saturated rings. The van der Waals surface area contributed by atoms with Crippen molar-refractivity contribution in [2.24, 2.45) is 0 Å². The van der Waals surface area contributed by atoms with Gasteiger partial charge >= 0.3 is 0 Å². The third-order valence-corrected chi connectivity index (χ3v) is 11.8. The van der Waals surface area contributed by atoms with Crippen LogP contribution in [-0.2, 0) is 0 Å². The lowest BCUT2D eigenvalue weighted by Gasteiger charge is -2.19. The number of aromatic nitrogens is 3. The van der Waals surface area contributed by atoms with Crippen molar-refractivity contribution in [1.82, 2.24) is 15.0 Å². The summed E-state index contributed by atoms with van der Waals surface area (Å²) in [5, 5.41) is 2.38. The quantitative estimate of drug-likeness (QED) is 0.164. The first-order valence-electron chi connectivity index (χ1n) is 19.1. The largest absolute Gasteiger partial charge is 0.208 e. The van der Waals surface area contributed by atoms with Crippen molar-refractivity contribution in [3.63, 3.8) is 0 Å². The van der Waals surface area contributed by atoms with Crippen LogP contribution in [0.3, 0.4) is 0 Å². The van der Waals surface area contributed by atoms with Crippen LogP contribution in [0.2, 0.25) is 0 Å². The molecule has 2 heterocycles. The Morgan fingerprint density at radius 1 is 0.473 bits per heavy atom. The van der Waals surface area contributed by atoms with E-state index in [1.165, 1.54) is 64.7 Å². The molecule has 0 aliphatic heterocycles. The van der Waals surface area contributed by atoms with Crippen LogP contribution in [-0.4, -0.2) is 15.0 Å². The van der Waals surface area contributed by atoms with Gasteiger partial charge in [0.2, 0.25) is 0 Å². The third-order valence-electron chi connectivity index (χ3n) is 10.7. The van der Waals surface area contributed by atoms with E-state index < -0.39 is 0 Å². The van der Waals surface area contributed by atoms with Gasteiger partial charge in [0.1, 0.15) is 0 Å². The summed E-state index contributed by atoms with van der Waals surface area (Å²) < 4.78 is 2.45. The zero-order chi connectivity index (χ0) is 36.6. The van der Waals surface area contributed by atoms with Gasteiger partial charge in [-0.2, -0.15) is 0 Å². The Labute approximate surface area is 325 Å². The maximum absolute atomic E-state index is 5.14. The third kappa shape index (κ3) is 6.35. The van der Waals surface area contributed by atoms with E-state index in [2.05, 4.69) is 140 Å². The topological polar surface area (TPSA) is 38.7 Å². The highest BCUT2D eigenvalue weighted by Crippen LogP contribution is 2.44. The SMILES string of the molecule is C1=CCCC(c2cccc(-c3cccc(-c4ccc5sc6cccc(-c7nc(-c8ccccc8)nc(-c8ccccc8)n7)c6c5c4)c3C3=CCCC=C3)c2)=C1. The molecule has 4 heteroatoms. The van der Waals surface area contributed by atoms with Gasteiger partial charge in [0.15, 0.2) is 17.5 Å². The maximum atomic E-state index is 5.14. The Hall–Kier alpha value is -6.49. The molecule has 0 amide bonds. The van der Waals surface area contributed by atoms with Crippen LogP contribution >= 0.6 is 11.3 Å². The molecule has 0 spiro atoms. The van der Waals surface area contributed by atoms with Crippen molar-refractivity contribution in [2.75, 3.05) is 0 Å². The molecular formula is C51H37N3S. The highest BCUT2D eigenvalue weighted by atomic mass is 32.1. The molecule has 0 saturated carbocycles. The van der Waals surface area contributed by atoms with Crippen LogP contribution in [0.25, 0.3) is 87.7 Å². The normalized spacial score (nSPS) is 14.0.